The number of aromatic nitrogens is 2. The van der Waals surface area contributed by atoms with E-state index in [-0.39, 0.29) is 17.3 Å². The van der Waals surface area contributed by atoms with Gasteiger partial charge in [-0.25, -0.2) is 13.5 Å². The molecule has 1 N–H and O–H groups in total. The number of halogens is 2. The number of rotatable bonds is 5. The number of piperidine rings is 1. The molecular weight excluding hydrogens is 400 g/mol. The van der Waals surface area contributed by atoms with Crippen molar-refractivity contribution in [1.29, 1.82) is 0 Å². The van der Waals surface area contributed by atoms with E-state index in [1.54, 1.807) is 30.5 Å². The number of hydrogen-bond acceptors (Lipinski definition) is 4. The van der Waals surface area contributed by atoms with Crippen molar-refractivity contribution in [1.82, 2.24) is 14.7 Å². The highest BCUT2D eigenvalue weighted by molar-refractivity contribution is 6.02. The van der Waals surface area contributed by atoms with Crippen molar-refractivity contribution >= 4 is 17.3 Å². The van der Waals surface area contributed by atoms with Crippen molar-refractivity contribution in [2.45, 2.75) is 18.9 Å². The fourth-order valence-electron chi connectivity index (χ4n) is 3.87. The van der Waals surface area contributed by atoms with Gasteiger partial charge in [0.25, 0.3) is 5.91 Å². The molecule has 1 aliphatic heterocycles. The first-order chi connectivity index (χ1) is 14.9. The molecule has 1 fully saturated rings. The normalized spacial score (nSPS) is 14.8. The van der Waals surface area contributed by atoms with Crippen LogP contribution in [0.25, 0.3) is 5.69 Å². The second-order valence-corrected chi connectivity index (χ2v) is 7.93. The molecule has 1 aromatic heterocycles. The summed E-state index contributed by atoms with van der Waals surface area (Å²) in [6.07, 6.45) is 3.54. The summed E-state index contributed by atoms with van der Waals surface area (Å²) in [7, 11) is 4.14. The van der Waals surface area contributed by atoms with Crippen LogP contribution in [0.4, 0.5) is 20.2 Å². The molecule has 1 amide bonds. The van der Waals surface area contributed by atoms with Gasteiger partial charge >= 0.3 is 0 Å². The van der Waals surface area contributed by atoms with E-state index in [1.807, 2.05) is 4.90 Å². The van der Waals surface area contributed by atoms with Crippen molar-refractivity contribution in [3.05, 3.63) is 72.1 Å². The minimum Gasteiger partial charge on any atom is -0.369 e. The Morgan fingerprint density at radius 2 is 1.87 bits per heavy atom. The molecule has 6 nitrogen and oxygen atoms in total. The summed E-state index contributed by atoms with van der Waals surface area (Å²) in [6.45, 7) is 1.59. The molecule has 162 valence electrons. The van der Waals surface area contributed by atoms with Gasteiger partial charge in [0, 0.05) is 31.0 Å². The van der Waals surface area contributed by atoms with Crippen molar-refractivity contribution in [3.8, 4) is 5.69 Å². The van der Waals surface area contributed by atoms with Crippen LogP contribution in [-0.4, -0.2) is 53.8 Å². The second-order valence-electron chi connectivity index (χ2n) is 7.93. The fourth-order valence-corrected chi connectivity index (χ4v) is 3.87. The summed E-state index contributed by atoms with van der Waals surface area (Å²) < 4.78 is 29.6. The van der Waals surface area contributed by atoms with Gasteiger partial charge in [-0.2, -0.15) is 5.10 Å². The summed E-state index contributed by atoms with van der Waals surface area (Å²) in [5.74, 6) is -1.22. The van der Waals surface area contributed by atoms with Crippen molar-refractivity contribution in [3.63, 3.8) is 0 Å². The first-order valence-electron chi connectivity index (χ1n) is 10.2. The summed E-state index contributed by atoms with van der Waals surface area (Å²) in [6, 6.07) is 12.7. The minimum absolute atomic E-state index is 0.152. The Hall–Kier alpha value is -3.26. The monoisotopic (exact) mass is 425 g/mol. The predicted molar refractivity (Wildman–Crippen MR) is 117 cm³/mol. The van der Waals surface area contributed by atoms with E-state index >= 15 is 0 Å². The molecule has 0 unspecified atom stereocenters. The summed E-state index contributed by atoms with van der Waals surface area (Å²) in [5, 5.41) is 6.86. The van der Waals surface area contributed by atoms with E-state index in [9.17, 15) is 13.6 Å². The van der Waals surface area contributed by atoms with Gasteiger partial charge in [0.05, 0.1) is 11.4 Å². The highest BCUT2D eigenvalue weighted by Gasteiger charge is 2.22. The third-order valence-electron chi connectivity index (χ3n) is 5.64. The molecule has 0 spiro atoms. The maximum absolute atomic E-state index is 14.7. The molecule has 2 aromatic carbocycles. The van der Waals surface area contributed by atoms with Crippen LogP contribution in [0, 0.1) is 11.6 Å². The van der Waals surface area contributed by atoms with Gasteiger partial charge in [-0.15, -0.1) is 0 Å². The van der Waals surface area contributed by atoms with Crippen LogP contribution in [0.3, 0.4) is 0 Å². The number of nitrogens with zero attached hydrogens (tertiary/aromatic N) is 4. The highest BCUT2D eigenvalue weighted by Crippen LogP contribution is 2.27. The number of hydrogen-bond donors (Lipinski definition) is 1. The molecule has 1 aliphatic rings. The van der Waals surface area contributed by atoms with Crippen LogP contribution in [0.15, 0.2) is 54.7 Å². The van der Waals surface area contributed by atoms with Gasteiger partial charge in [0.2, 0.25) is 0 Å². The van der Waals surface area contributed by atoms with Crippen LogP contribution in [0.1, 0.15) is 23.3 Å². The maximum atomic E-state index is 14.7. The number of carbonyl (C=O) groups is 1. The molecule has 1 saturated heterocycles. The van der Waals surface area contributed by atoms with Gasteiger partial charge in [0.15, 0.2) is 5.69 Å². The standard InChI is InChI=1S/C23H25F2N5O/c1-28(2)18-8-11-29(12-9-18)22-7-6-17(15-20(22)25)26-23(31)21-10-13-30(27-21)19-5-3-4-16(24)14-19/h3-7,10,13-15,18H,8-9,11-12H2,1-2H3,(H,26,31). The summed E-state index contributed by atoms with van der Waals surface area (Å²) in [4.78, 5) is 16.8. The third-order valence-corrected chi connectivity index (χ3v) is 5.64. The Kier molecular flexibility index (Phi) is 5.99. The molecule has 0 bridgehead atoms. The SMILES string of the molecule is CN(C)C1CCN(c2ccc(NC(=O)c3ccn(-c4cccc(F)c4)n3)cc2F)CC1. The quantitative estimate of drug-likeness (QED) is 0.673. The molecule has 0 aliphatic carbocycles. The van der Waals surface area contributed by atoms with Crippen LogP contribution in [-0.2, 0) is 0 Å². The molecule has 8 heteroatoms. The lowest BCUT2D eigenvalue weighted by molar-refractivity contribution is 0.102. The number of amides is 1. The lowest BCUT2D eigenvalue weighted by Gasteiger charge is -2.36. The first kappa shape index (κ1) is 21.0. The predicted octanol–water partition coefficient (Wildman–Crippen LogP) is 3.93. The Balaban J connectivity index is 1.42. The highest BCUT2D eigenvalue weighted by atomic mass is 19.1. The van der Waals surface area contributed by atoms with E-state index in [1.165, 1.54) is 28.9 Å². The first-order valence-corrected chi connectivity index (χ1v) is 10.2. The topological polar surface area (TPSA) is 53.4 Å². The van der Waals surface area contributed by atoms with E-state index < -0.39 is 5.91 Å². The average molecular weight is 425 g/mol. The lowest BCUT2D eigenvalue weighted by atomic mass is 10.0. The number of nitrogens with one attached hydrogen (secondary N) is 1. The molecule has 31 heavy (non-hydrogen) atoms. The van der Waals surface area contributed by atoms with E-state index in [0.717, 1.165) is 25.9 Å². The average Bonchev–Trinajstić information content (AvgIpc) is 3.25. The smallest absolute Gasteiger partial charge is 0.276 e. The lowest BCUT2D eigenvalue weighted by Crippen LogP contribution is -2.42. The Bertz CT molecular complexity index is 1070. The van der Waals surface area contributed by atoms with Gasteiger partial charge in [-0.1, -0.05) is 6.07 Å². The minimum atomic E-state index is -0.464. The Morgan fingerprint density at radius 3 is 2.55 bits per heavy atom. The number of benzene rings is 2. The van der Waals surface area contributed by atoms with E-state index in [0.29, 0.717) is 23.1 Å². The van der Waals surface area contributed by atoms with E-state index in [4.69, 9.17) is 0 Å². The third kappa shape index (κ3) is 4.74. The maximum Gasteiger partial charge on any atom is 0.276 e. The Labute approximate surface area is 180 Å². The van der Waals surface area contributed by atoms with Crippen LogP contribution in [0.5, 0.6) is 0 Å². The van der Waals surface area contributed by atoms with Gasteiger partial charge in [-0.3, -0.25) is 4.79 Å². The molecular formula is C23H25F2N5O. The largest absolute Gasteiger partial charge is 0.369 e. The van der Waals surface area contributed by atoms with Gasteiger partial charge in [-0.05, 0) is 69.4 Å². The fraction of sp³-hybridized carbons (Fsp3) is 0.304. The molecule has 0 atom stereocenters. The van der Waals surface area contributed by atoms with Crippen LogP contribution < -0.4 is 10.2 Å². The van der Waals surface area contributed by atoms with Crippen molar-refractivity contribution in [2.75, 3.05) is 37.4 Å². The van der Waals surface area contributed by atoms with E-state index in [2.05, 4.69) is 29.4 Å². The van der Waals surface area contributed by atoms with Crippen LogP contribution >= 0.6 is 0 Å². The second kappa shape index (κ2) is 8.85. The summed E-state index contributed by atoms with van der Waals surface area (Å²) >= 11 is 0. The zero-order chi connectivity index (χ0) is 22.0. The van der Waals surface area contributed by atoms with Gasteiger partial charge < -0.3 is 15.1 Å². The molecule has 0 radical (unpaired) electrons. The Morgan fingerprint density at radius 1 is 1.10 bits per heavy atom. The number of carbonyl (C=O) groups excluding carboxylic acids is 1. The van der Waals surface area contributed by atoms with Crippen molar-refractivity contribution < 1.29 is 13.6 Å². The molecule has 0 saturated carbocycles. The van der Waals surface area contributed by atoms with Gasteiger partial charge in [0.1, 0.15) is 11.6 Å². The zero-order valence-corrected chi connectivity index (χ0v) is 17.6. The molecule has 4 rings (SSSR count). The number of anilines is 2. The molecule has 3 aromatic rings. The van der Waals surface area contributed by atoms with Crippen molar-refractivity contribution in [2.24, 2.45) is 0 Å². The van der Waals surface area contributed by atoms with Crippen LogP contribution in [0.2, 0.25) is 0 Å². The zero-order valence-electron chi connectivity index (χ0n) is 17.6. The summed E-state index contributed by atoms with van der Waals surface area (Å²) in [5.41, 5.74) is 1.56. The molecule has 2 heterocycles.